The fraction of sp³-hybridized carbons (Fsp3) is 0.333. The average molecular weight is 351 g/mol. The molecule has 2 aromatic rings. The van der Waals surface area contributed by atoms with Gasteiger partial charge in [-0.2, -0.15) is 0 Å². The lowest BCUT2D eigenvalue weighted by atomic mass is 10.1. The Morgan fingerprint density at radius 3 is 2.35 bits per heavy atom. The van der Waals surface area contributed by atoms with Gasteiger partial charge in [0.2, 0.25) is 5.91 Å². The van der Waals surface area contributed by atoms with Gasteiger partial charge in [0.15, 0.2) is 0 Å². The molecule has 1 fully saturated rings. The van der Waals surface area contributed by atoms with Crippen molar-refractivity contribution in [1.29, 1.82) is 0 Å². The summed E-state index contributed by atoms with van der Waals surface area (Å²) >= 11 is 0. The van der Waals surface area contributed by atoms with Crippen molar-refractivity contribution in [3.8, 4) is 0 Å². The normalized spacial score (nSPS) is 16.4. The quantitative estimate of drug-likeness (QED) is 0.868. The van der Waals surface area contributed by atoms with Gasteiger partial charge < -0.3 is 15.5 Å². The molecule has 2 aromatic carbocycles. The summed E-state index contributed by atoms with van der Waals surface area (Å²) in [7, 11) is 0. The maximum absolute atomic E-state index is 12.7. The van der Waals surface area contributed by atoms with Gasteiger partial charge >= 0.3 is 6.03 Å². The number of urea groups is 1. The largest absolute Gasteiger partial charge is 0.324 e. The molecule has 3 rings (SSSR count). The van der Waals surface area contributed by atoms with Crippen LogP contribution in [0.1, 0.15) is 29.5 Å². The monoisotopic (exact) mass is 351 g/mol. The van der Waals surface area contributed by atoms with Crippen molar-refractivity contribution in [2.24, 2.45) is 0 Å². The number of carbonyl (C=O) groups excluding carboxylic acids is 2. The zero-order chi connectivity index (χ0) is 18.7. The van der Waals surface area contributed by atoms with Crippen molar-refractivity contribution >= 4 is 23.3 Å². The standard InChI is InChI=1S/C21H25N3O2/c1-14-6-9-17(10-7-14)22-21(26)24-12-4-5-19(24)20(25)23-18-11-8-15(2)13-16(18)3/h6-11,13,19H,4-5,12H2,1-3H3,(H,22,26)(H,23,25)/t19-/m1/s1. The van der Waals surface area contributed by atoms with Gasteiger partial charge in [0, 0.05) is 17.9 Å². The minimum Gasteiger partial charge on any atom is -0.324 e. The van der Waals surface area contributed by atoms with Gasteiger partial charge in [0.1, 0.15) is 6.04 Å². The van der Waals surface area contributed by atoms with Gasteiger partial charge in [-0.25, -0.2) is 4.79 Å². The number of likely N-dealkylation sites (tertiary alicyclic amines) is 1. The number of benzene rings is 2. The number of hydrogen-bond acceptors (Lipinski definition) is 2. The Hall–Kier alpha value is -2.82. The topological polar surface area (TPSA) is 61.4 Å². The number of nitrogens with zero attached hydrogens (tertiary/aromatic N) is 1. The highest BCUT2D eigenvalue weighted by atomic mass is 16.2. The summed E-state index contributed by atoms with van der Waals surface area (Å²) in [5.41, 5.74) is 4.84. The first kappa shape index (κ1) is 18.0. The van der Waals surface area contributed by atoms with Gasteiger partial charge in [-0.3, -0.25) is 4.79 Å². The zero-order valence-corrected chi connectivity index (χ0v) is 15.5. The molecule has 5 heteroatoms. The summed E-state index contributed by atoms with van der Waals surface area (Å²) in [4.78, 5) is 27.0. The molecule has 26 heavy (non-hydrogen) atoms. The van der Waals surface area contributed by atoms with E-state index >= 15 is 0 Å². The Balaban J connectivity index is 1.67. The van der Waals surface area contributed by atoms with Crippen LogP contribution in [0.2, 0.25) is 0 Å². The van der Waals surface area contributed by atoms with E-state index in [0.717, 1.165) is 34.5 Å². The molecule has 0 bridgehead atoms. The number of rotatable bonds is 3. The van der Waals surface area contributed by atoms with E-state index in [0.29, 0.717) is 13.0 Å². The van der Waals surface area contributed by atoms with E-state index in [2.05, 4.69) is 10.6 Å². The first-order valence-electron chi connectivity index (χ1n) is 8.96. The van der Waals surface area contributed by atoms with Crippen molar-refractivity contribution in [3.05, 3.63) is 59.2 Å². The Morgan fingerprint density at radius 2 is 1.65 bits per heavy atom. The van der Waals surface area contributed by atoms with Crippen LogP contribution < -0.4 is 10.6 Å². The predicted molar refractivity (Wildman–Crippen MR) is 104 cm³/mol. The van der Waals surface area contributed by atoms with E-state index in [1.807, 2.05) is 63.2 Å². The molecule has 2 N–H and O–H groups in total. The fourth-order valence-electron chi connectivity index (χ4n) is 3.28. The molecule has 136 valence electrons. The molecule has 0 aromatic heterocycles. The van der Waals surface area contributed by atoms with Crippen LogP contribution in [0, 0.1) is 20.8 Å². The smallest absolute Gasteiger partial charge is 0.322 e. The van der Waals surface area contributed by atoms with Crippen molar-refractivity contribution in [2.45, 2.75) is 39.7 Å². The Bertz CT molecular complexity index is 815. The number of carbonyl (C=O) groups is 2. The fourth-order valence-corrected chi connectivity index (χ4v) is 3.28. The number of hydrogen-bond donors (Lipinski definition) is 2. The van der Waals surface area contributed by atoms with Crippen LogP contribution in [0.15, 0.2) is 42.5 Å². The molecular weight excluding hydrogens is 326 g/mol. The Morgan fingerprint density at radius 1 is 0.962 bits per heavy atom. The molecular formula is C21H25N3O2. The Kier molecular flexibility index (Phi) is 5.26. The molecule has 0 aliphatic carbocycles. The van der Waals surface area contributed by atoms with Crippen LogP contribution >= 0.6 is 0 Å². The number of amides is 3. The molecule has 1 aliphatic heterocycles. The number of anilines is 2. The highest BCUT2D eigenvalue weighted by molar-refractivity contribution is 6.00. The summed E-state index contributed by atoms with van der Waals surface area (Å²) in [6, 6.07) is 12.9. The van der Waals surface area contributed by atoms with E-state index in [-0.39, 0.29) is 11.9 Å². The van der Waals surface area contributed by atoms with Crippen LogP contribution in [0.4, 0.5) is 16.2 Å². The first-order chi connectivity index (χ1) is 12.4. The molecule has 3 amide bonds. The third kappa shape index (κ3) is 4.04. The van der Waals surface area contributed by atoms with E-state index in [9.17, 15) is 9.59 Å². The van der Waals surface area contributed by atoms with Crippen molar-refractivity contribution in [3.63, 3.8) is 0 Å². The zero-order valence-electron chi connectivity index (χ0n) is 15.5. The molecule has 0 unspecified atom stereocenters. The van der Waals surface area contributed by atoms with Crippen LogP contribution in [-0.2, 0) is 4.79 Å². The van der Waals surface area contributed by atoms with Gasteiger partial charge in [0.25, 0.3) is 0 Å². The lowest BCUT2D eigenvalue weighted by Crippen LogP contribution is -2.45. The molecule has 1 saturated heterocycles. The Labute approximate surface area is 154 Å². The maximum Gasteiger partial charge on any atom is 0.322 e. The second-order valence-electron chi connectivity index (χ2n) is 6.96. The van der Waals surface area contributed by atoms with Crippen molar-refractivity contribution < 1.29 is 9.59 Å². The average Bonchev–Trinajstić information content (AvgIpc) is 3.09. The summed E-state index contributed by atoms with van der Waals surface area (Å²) in [5.74, 6) is -0.131. The summed E-state index contributed by atoms with van der Waals surface area (Å²) in [6.07, 6.45) is 1.50. The summed E-state index contributed by atoms with van der Waals surface area (Å²) in [5, 5.41) is 5.86. The number of aryl methyl sites for hydroxylation is 3. The van der Waals surface area contributed by atoms with E-state index in [1.165, 1.54) is 0 Å². The van der Waals surface area contributed by atoms with E-state index in [1.54, 1.807) is 4.90 Å². The van der Waals surface area contributed by atoms with Gasteiger partial charge in [0.05, 0.1) is 0 Å². The van der Waals surface area contributed by atoms with Crippen LogP contribution in [0.5, 0.6) is 0 Å². The van der Waals surface area contributed by atoms with Crippen molar-refractivity contribution in [2.75, 3.05) is 17.2 Å². The minimum absolute atomic E-state index is 0.131. The third-order valence-electron chi connectivity index (χ3n) is 4.76. The van der Waals surface area contributed by atoms with Gasteiger partial charge in [-0.15, -0.1) is 0 Å². The van der Waals surface area contributed by atoms with E-state index < -0.39 is 6.04 Å². The summed E-state index contributed by atoms with van der Waals surface area (Å²) in [6.45, 7) is 6.58. The van der Waals surface area contributed by atoms with Crippen LogP contribution in [-0.4, -0.2) is 29.4 Å². The number of nitrogens with one attached hydrogen (secondary N) is 2. The molecule has 1 aliphatic rings. The highest BCUT2D eigenvalue weighted by Crippen LogP contribution is 2.22. The van der Waals surface area contributed by atoms with E-state index in [4.69, 9.17) is 0 Å². The second kappa shape index (κ2) is 7.60. The SMILES string of the molecule is Cc1ccc(NC(=O)N2CCC[C@@H]2C(=O)Nc2ccc(C)cc2C)cc1. The molecule has 1 heterocycles. The lowest BCUT2D eigenvalue weighted by molar-refractivity contribution is -0.119. The molecule has 0 radical (unpaired) electrons. The molecule has 1 atom stereocenters. The lowest BCUT2D eigenvalue weighted by Gasteiger charge is -2.24. The second-order valence-corrected chi connectivity index (χ2v) is 6.96. The first-order valence-corrected chi connectivity index (χ1v) is 8.96. The van der Waals surface area contributed by atoms with Crippen LogP contribution in [0.25, 0.3) is 0 Å². The van der Waals surface area contributed by atoms with Gasteiger partial charge in [-0.1, -0.05) is 35.4 Å². The van der Waals surface area contributed by atoms with Gasteiger partial charge in [-0.05, 0) is 57.4 Å². The molecule has 0 saturated carbocycles. The summed E-state index contributed by atoms with van der Waals surface area (Å²) < 4.78 is 0. The van der Waals surface area contributed by atoms with Crippen molar-refractivity contribution in [1.82, 2.24) is 4.90 Å². The maximum atomic E-state index is 12.7. The molecule has 5 nitrogen and oxygen atoms in total. The highest BCUT2D eigenvalue weighted by Gasteiger charge is 2.34. The minimum atomic E-state index is -0.443. The third-order valence-corrected chi connectivity index (χ3v) is 4.76. The van der Waals surface area contributed by atoms with Crippen LogP contribution in [0.3, 0.4) is 0 Å². The predicted octanol–water partition coefficient (Wildman–Crippen LogP) is 4.25. The molecule has 0 spiro atoms.